The van der Waals surface area contributed by atoms with Crippen molar-refractivity contribution < 1.29 is 14.7 Å². The highest BCUT2D eigenvalue weighted by molar-refractivity contribution is 5.86. The van der Waals surface area contributed by atoms with Gasteiger partial charge >= 0.3 is 5.97 Å². The molecule has 17 heavy (non-hydrogen) atoms. The first-order valence-electron chi connectivity index (χ1n) is 5.12. The number of nitrogens with zero attached hydrogens (tertiary/aromatic N) is 4. The normalized spacial score (nSPS) is 16.2. The molecular formula is C10H12N4O3. The van der Waals surface area contributed by atoms with E-state index in [0.717, 1.165) is 0 Å². The maximum absolute atomic E-state index is 11.5. The highest BCUT2D eigenvalue weighted by Gasteiger charge is 2.22. The van der Waals surface area contributed by atoms with E-state index in [-0.39, 0.29) is 18.1 Å². The molecule has 0 aromatic carbocycles. The molecule has 90 valence electrons. The lowest BCUT2D eigenvalue weighted by atomic mass is 10.3. The van der Waals surface area contributed by atoms with Gasteiger partial charge in [0.25, 0.3) is 0 Å². The molecule has 0 spiro atoms. The van der Waals surface area contributed by atoms with E-state index in [1.54, 1.807) is 16.8 Å². The summed E-state index contributed by atoms with van der Waals surface area (Å²) in [5, 5.41) is 8.81. The van der Waals surface area contributed by atoms with Crippen LogP contribution in [0.4, 0.5) is 5.82 Å². The molecule has 0 saturated carbocycles. The molecule has 0 bridgehead atoms. The number of carbonyl (C=O) groups is 2. The Morgan fingerprint density at radius 3 is 2.82 bits per heavy atom. The summed E-state index contributed by atoms with van der Waals surface area (Å²) in [7, 11) is 1.74. The molecule has 0 unspecified atom stereocenters. The number of likely N-dealkylation sites (N-methyl/N-ethyl adjacent to an activating group) is 1. The van der Waals surface area contributed by atoms with Crippen LogP contribution in [-0.2, 0) is 4.79 Å². The van der Waals surface area contributed by atoms with Crippen LogP contribution >= 0.6 is 0 Å². The summed E-state index contributed by atoms with van der Waals surface area (Å²) in [6.45, 7) is 1.42. The molecule has 1 fully saturated rings. The van der Waals surface area contributed by atoms with Crippen molar-refractivity contribution in [2.45, 2.75) is 0 Å². The average Bonchev–Trinajstić information content (AvgIpc) is 2.33. The monoisotopic (exact) mass is 236 g/mol. The van der Waals surface area contributed by atoms with Gasteiger partial charge in [-0.1, -0.05) is 0 Å². The maximum Gasteiger partial charge on any atom is 0.356 e. The lowest BCUT2D eigenvalue weighted by molar-refractivity contribution is -0.129. The number of rotatable bonds is 2. The summed E-state index contributed by atoms with van der Waals surface area (Å²) >= 11 is 0. The quantitative estimate of drug-likeness (QED) is 0.741. The van der Waals surface area contributed by atoms with Gasteiger partial charge in [0.2, 0.25) is 5.91 Å². The summed E-state index contributed by atoms with van der Waals surface area (Å²) in [4.78, 5) is 33.4. The number of carboxylic acids is 1. The SMILES string of the molecule is CN1CCN(c2cncc(C(=O)O)n2)CC1=O. The van der Waals surface area contributed by atoms with Crippen molar-refractivity contribution in [2.24, 2.45) is 0 Å². The summed E-state index contributed by atoms with van der Waals surface area (Å²) in [6, 6.07) is 0. The van der Waals surface area contributed by atoms with Crippen molar-refractivity contribution in [1.82, 2.24) is 14.9 Å². The van der Waals surface area contributed by atoms with Crippen molar-refractivity contribution in [1.29, 1.82) is 0 Å². The van der Waals surface area contributed by atoms with Crippen LogP contribution in [0.2, 0.25) is 0 Å². The topological polar surface area (TPSA) is 86.6 Å². The second-order valence-corrected chi connectivity index (χ2v) is 3.80. The standard InChI is InChI=1S/C10H12N4O3/c1-13-2-3-14(6-9(13)15)8-5-11-4-7(12-8)10(16)17/h4-5H,2-3,6H2,1H3,(H,16,17). The highest BCUT2D eigenvalue weighted by atomic mass is 16.4. The van der Waals surface area contributed by atoms with Crippen LogP contribution in [-0.4, -0.2) is 58.5 Å². The Kier molecular flexibility index (Phi) is 2.90. The molecule has 2 rings (SSSR count). The minimum absolute atomic E-state index is 0.0150. The van der Waals surface area contributed by atoms with Crippen LogP contribution in [0.3, 0.4) is 0 Å². The minimum Gasteiger partial charge on any atom is -0.476 e. The molecule has 2 heterocycles. The molecule has 1 saturated heterocycles. The number of piperazine rings is 1. The van der Waals surface area contributed by atoms with Gasteiger partial charge in [-0.2, -0.15) is 0 Å². The molecule has 1 N–H and O–H groups in total. The fourth-order valence-electron chi connectivity index (χ4n) is 1.57. The smallest absolute Gasteiger partial charge is 0.356 e. The zero-order chi connectivity index (χ0) is 12.4. The van der Waals surface area contributed by atoms with Gasteiger partial charge < -0.3 is 14.9 Å². The van der Waals surface area contributed by atoms with Gasteiger partial charge in [0.05, 0.1) is 18.9 Å². The molecule has 0 atom stereocenters. The fourth-order valence-corrected chi connectivity index (χ4v) is 1.57. The van der Waals surface area contributed by atoms with Crippen LogP contribution in [0.15, 0.2) is 12.4 Å². The third kappa shape index (κ3) is 2.32. The first-order valence-corrected chi connectivity index (χ1v) is 5.12. The second kappa shape index (κ2) is 4.36. The zero-order valence-corrected chi connectivity index (χ0v) is 9.33. The Bertz CT molecular complexity index is 463. The van der Waals surface area contributed by atoms with Crippen molar-refractivity contribution in [3.63, 3.8) is 0 Å². The van der Waals surface area contributed by atoms with Gasteiger partial charge in [0.1, 0.15) is 5.82 Å². The lowest BCUT2D eigenvalue weighted by Gasteiger charge is -2.32. The Labute approximate surface area is 97.7 Å². The van der Waals surface area contributed by atoms with Gasteiger partial charge in [-0.3, -0.25) is 9.78 Å². The van der Waals surface area contributed by atoms with Crippen LogP contribution in [0.1, 0.15) is 10.5 Å². The molecule has 1 aromatic rings. The van der Waals surface area contributed by atoms with Crippen LogP contribution in [0.25, 0.3) is 0 Å². The number of aromatic carboxylic acids is 1. The Hall–Kier alpha value is -2.18. The fraction of sp³-hybridized carbons (Fsp3) is 0.400. The molecule has 1 aliphatic heterocycles. The number of aromatic nitrogens is 2. The van der Waals surface area contributed by atoms with Crippen LogP contribution in [0, 0.1) is 0 Å². The molecule has 7 heteroatoms. The van der Waals surface area contributed by atoms with E-state index in [2.05, 4.69) is 9.97 Å². The van der Waals surface area contributed by atoms with Crippen molar-refractivity contribution in [3.8, 4) is 0 Å². The summed E-state index contributed by atoms with van der Waals surface area (Å²) < 4.78 is 0. The first-order chi connectivity index (χ1) is 8.08. The third-order valence-electron chi connectivity index (χ3n) is 2.62. The number of hydrogen-bond donors (Lipinski definition) is 1. The molecule has 1 aliphatic rings. The molecule has 0 radical (unpaired) electrons. The lowest BCUT2D eigenvalue weighted by Crippen LogP contribution is -2.48. The van der Waals surface area contributed by atoms with Gasteiger partial charge in [0, 0.05) is 20.1 Å². The van der Waals surface area contributed by atoms with E-state index in [4.69, 9.17) is 5.11 Å². The minimum atomic E-state index is -1.13. The number of carboxylic acid groups (broad SMARTS) is 1. The molecular weight excluding hydrogens is 224 g/mol. The van der Waals surface area contributed by atoms with Crippen LogP contribution < -0.4 is 4.90 Å². The Morgan fingerprint density at radius 1 is 1.41 bits per heavy atom. The van der Waals surface area contributed by atoms with E-state index >= 15 is 0 Å². The van der Waals surface area contributed by atoms with E-state index in [9.17, 15) is 9.59 Å². The summed E-state index contributed by atoms with van der Waals surface area (Å²) in [6.07, 6.45) is 2.65. The first kappa shape index (κ1) is 11.3. The van der Waals surface area contributed by atoms with E-state index in [1.165, 1.54) is 12.4 Å². The summed E-state index contributed by atoms with van der Waals surface area (Å²) in [5.41, 5.74) is -0.117. The van der Waals surface area contributed by atoms with Crippen molar-refractivity contribution >= 4 is 17.7 Å². The van der Waals surface area contributed by atoms with Gasteiger partial charge in [-0.25, -0.2) is 9.78 Å². The Morgan fingerprint density at radius 2 is 2.18 bits per heavy atom. The van der Waals surface area contributed by atoms with Crippen molar-refractivity contribution in [2.75, 3.05) is 31.6 Å². The highest BCUT2D eigenvalue weighted by Crippen LogP contribution is 2.12. The second-order valence-electron chi connectivity index (χ2n) is 3.80. The van der Waals surface area contributed by atoms with Gasteiger partial charge in [0.15, 0.2) is 5.69 Å². The number of anilines is 1. The summed E-state index contributed by atoms with van der Waals surface area (Å²) in [5.74, 6) is -0.718. The predicted molar refractivity (Wildman–Crippen MR) is 58.8 cm³/mol. The third-order valence-corrected chi connectivity index (χ3v) is 2.62. The van der Waals surface area contributed by atoms with Crippen molar-refractivity contribution in [3.05, 3.63) is 18.1 Å². The van der Waals surface area contributed by atoms with Gasteiger partial charge in [-0.15, -0.1) is 0 Å². The van der Waals surface area contributed by atoms with Gasteiger partial charge in [-0.05, 0) is 0 Å². The number of carbonyl (C=O) groups excluding carboxylic acids is 1. The molecule has 1 aromatic heterocycles. The molecule has 0 aliphatic carbocycles. The maximum atomic E-state index is 11.5. The average molecular weight is 236 g/mol. The number of amides is 1. The van der Waals surface area contributed by atoms with E-state index in [0.29, 0.717) is 18.9 Å². The number of hydrogen-bond acceptors (Lipinski definition) is 5. The zero-order valence-electron chi connectivity index (χ0n) is 9.33. The molecule has 7 nitrogen and oxygen atoms in total. The van der Waals surface area contributed by atoms with E-state index < -0.39 is 5.97 Å². The molecule has 1 amide bonds. The largest absolute Gasteiger partial charge is 0.476 e. The van der Waals surface area contributed by atoms with E-state index in [1.807, 2.05) is 0 Å². The van der Waals surface area contributed by atoms with Crippen LogP contribution in [0.5, 0.6) is 0 Å². The Balaban J connectivity index is 2.20. The predicted octanol–water partition coefficient (Wildman–Crippen LogP) is -0.547.